The zero-order chi connectivity index (χ0) is 13.9. The predicted molar refractivity (Wildman–Crippen MR) is 80.4 cm³/mol. The van der Waals surface area contributed by atoms with Crippen LogP contribution in [-0.4, -0.2) is 4.98 Å². The Hall–Kier alpha value is -2.66. The van der Waals surface area contributed by atoms with Gasteiger partial charge in [0.15, 0.2) is 0 Å². The van der Waals surface area contributed by atoms with Gasteiger partial charge in [-0.3, -0.25) is 4.98 Å². The Morgan fingerprint density at radius 1 is 1.05 bits per heavy atom. The number of rotatable bonds is 2. The van der Waals surface area contributed by atoms with Crippen molar-refractivity contribution in [1.82, 2.24) is 4.98 Å². The summed E-state index contributed by atoms with van der Waals surface area (Å²) < 4.78 is 0. The third-order valence-corrected chi connectivity index (χ3v) is 3.64. The van der Waals surface area contributed by atoms with Crippen LogP contribution in [0.1, 0.15) is 22.3 Å². The first kappa shape index (κ1) is 12.4. The molecule has 0 aliphatic rings. The Balaban J connectivity index is 2.20. The molecule has 0 spiro atoms. The van der Waals surface area contributed by atoms with Crippen LogP contribution in [0.15, 0.2) is 54.7 Å². The highest BCUT2D eigenvalue weighted by Crippen LogP contribution is 2.24. The summed E-state index contributed by atoms with van der Waals surface area (Å²) in [5, 5.41) is 10.4. The predicted octanol–water partition coefficient (Wildman–Crippen LogP) is 4.01. The number of para-hydroxylation sites is 1. The number of aromatic nitrogens is 1. The van der Waals surface area contributed by atoms with Crippen LogP contribution in [-0.2, 0) is 6.42 Å². The molecular formula is C18H14N2. The van der Waals surface area contributed by atoms with Gasteiger partial charge in [-0.2, -0.15) is 5.26 Å². The van der Waals surface area contributed by atoms with Crippen molar-refractivity contribution in [2.24, 2.45) is 0 Å². The molecule has 2 nitrogen and oxygen atoms in total. The van der Waals surface area contributed by atoms with E-state index in [2.05, 4.69) is 30.1 Å². The Kier molecular flexibility index (Phi) is 3.18. The molecule has 0 aliphatic heterocycles. The minimum absolute atomic E-state index is 0.659. The van der Waals surface area contributed by atoms with E-state index in [-0.39, 0.29) is 0 Å². The molecule has 0 saturated heterocycles. The van der Waals surface area contributed by atoms with Crippen LogP contribution in [0.3, 0.4) is 0 Å². The van der Waals surface area contributed by atoms with Gasteiger partial charge in [-0.15, -0.1) is 0 Å². The monoisotopic (exact) mass is 258 g/mol. The van der Waals surface area contributed by atoms with E-state index in [0.29, 0.717) is 5.56 Å². The maximum atomic E-state index is 9.34. The highest BCUT2D eigenvalue weighted by atomic mass is 14.7. The Labute approximate surface area is 118 Å². The molecule has 0 amide bonds. The largest absolute Gasteiger partial charge is 0.255 e. The van der Waals surface area contributed by atoms with Crippen molar-refractivity contribution < 1.29 is 0 Å². The lowest BCUT2D eigenvalue weighted by atomic mass is 9.95. The molecule has 2 heteroatoms. The van der Waals surface area contributed by atoms with Crippen LogP contribution in [0.4, 0.5) is 0 Å². The van der Waals surface area contributed by atoms with Crippen molar-refractivity contribution in [2.45, 2.75) is 13.3 Å². The first-order valence-electron chi connectivity index (χ1n) is 6.61. The molecule has 96 valence electrons. The van der Waals surface area contributed by atoms with Gasteiger partial charge in [0.25, 0.3) is 0 Å². The van der Waals surface area contributed by atoms with E-state index in [1.807, 2.05) is 36.4 Å². The molecule has 0 N–H and O–H groups in total. The lowest BCUT2D eigenvalue weighted by Gasteiger charge is -2.10. The zero-order valence-electron chi connectivity index (χ0n) is 11.3. The number of fused-ring (bicyclic) bond motifs is 1. The molecule has 0 fully saturated rings. The summed E-state index contributed by atoms with van der Waals surface area (Å²) in [7, 11) is 0. The van der Waals surface area contributed by atoms with Gasteiger partial charge in [0.1, 0.15) is 6.07 Å². The van der Waals surface area contributed by atoms with Gasteiger partial charge in [0.05, 0.1) is 11.1 Å². The lowest BCUT2D eigenvalue weighted by molar-refractivity contribution is 1.15. The van der Waals surface area contributed by atoms with E-state index in [9.17, 15) is 5.26 Å². The molecule has 1 heterocycles. The van der Waals surface area contributed by atoms with Crippen LogP contribution >= 0.6 is 0 Å². The molecule has 3 aromatic rings. The van der Waals surface area contributed by atoms with Crippen molar-refractivity contribution in [3.63, 3.8) is 0 Å². The van der Waals surface area contributed by atoms with Crippen molar-refractivity contribution in [1.29, 1.82) is 5.26 Å². The highest BCUT2D eigenvalue weighted by Gasteiger charge is 2.10. The second-order valence-corrected chi connectivity index (χ2v) is 4.88. The molecular weight excluding hydrogens is 244 g/mol. The van der Waals surface area contributed by atoms with Crippen molar-refractivity contribution in [2.75, 3.05) is 0 Å². The third-order valence-electron chi connectivity index (χ3n) is 3.64. The van der Waals surface area contributed by atoms with E-state index in [1.165, 1.54) is 11.1 Å². The Bertz CT molecular complexity index is 813. The molecule has 20 heavy (non-hydrogen) atoms. The summed E-state index contributed by atoms with van der Waals surface area (Å²) >= 11 is 0. The average molecular weight is 258 g/mol. The second-order valence-electron chi connectivity index (χ2n) is 4.88. The molecule has 0 atom stereocenters. The topological polar surface area (TPSA) is 36.7 Å². The molecule has 3 rings (SSSR count). The van der Waals surface area contributed by atoms with Crippen molar-refractivity contribution in [3.05, 3.63) is 77.0 Å². The summed E-state index contributed by atoms with van der Waals surface area (Å²) in [6.07, 6.45) is 2.44. The van der Waals surface area contributed by atoms with Crippen molar-refractivity contribution in [3.8, 4) is 6.07 Å². The van der Waals surface area contributed by atoms with Gasteiger partial charge in [-0.1, -0.05) is 42.5 Å². The minimum atomic E-state index is 0.659. The van der Waals surface area contributed by atoms with E-state index in [1.54, 1.807) is 6.20 Å². The van der Waals surface area contributed by atoms with Crippen LogP contribution in [0.2, 0.25) is 0 Å². The summed E-state index contributed by atoms with van der Waals surface area (Å²) in [6.45, 7) is 2.10. The normalized spacial score (nSPS) is 10.4. The standard InChI is InChI=1S/C18H14N2/c1-13-6-2-3-7-14(13)10-17-15(11-19)12-20-18-9-5-4-8-16(17)18/h2-9,12H,10H2,1H3. The fraction of sp³-hybridized carbons (Fsp3) is 0.111. The fourth-order valence-corrected chi connectivity index (χ4v) is 2.48. The number of aryl methyl sites for hydroxylation is 1. The number of pyridine rings is 1. The van der Waals surface area contributed by atoms with Crippen LogP contribution in [0.5, 0.6) is 0 Å². The Morgan fingerprint density at radius 3 is 2.60 bits per heavy atom. The van der Waals surface area contributed by atoms with Gasteiger partial charge in [-0.25, -0.2) is 0 Å². The lowest BCUT2D eigenvalue weighted by Crippen LogP contribution is -1.98. The van der Waals surface area contributed by atoms with Gasteiger partial charge in [0, 0.05) is 11.6 Å². The molecule has 0 saturated carbocycles. The summed E-state index contributed by atoms with van der Waals surface area (Å²) in [4.78, 5) is 4.35. The summed E-state index contributed by atoms with van der Waals surface area (Å²) in [5.41, 5.74) is 5.16. The van der Waals surface area contributed by atoms with Gasteiger partial charge in [0.2, 0.25) is 0 Å². The molecule has 2 aromatic carbocycles. The van der Waals surface area contributed by atoms with Gasteiger partial charge < -0.3 is 0 Å². The van der Waals surface area contributed by atoms with Crippen LogP contribution in [0.25, 0.3) is 10.9 Å². The summed E-state index contributed by atoms with van der Waals surface area (Å²) in [5.74, 6) is 0. The number of nitrogens with zero attached hydrogens (tertiary/aromatic N) is 2. The molecule has 0 unspecified atom stereocenters. The SMILES string of the molecule is Cc1ccccc1Cc1c(C#N)cnc2ccccc12. The van der Waals surface area contributed by atoms with E-state index >= 15 is 0 Å². The second kappa shape index (κ2) is 5.14. The molecule has 0 bridgehead atoms. The van der Waals surface area contributed by atoms with Gasteiger partial charge in [-0.05, 0) is 36.1 Å². The number of nitriles is 1. The number of hydrogen-bond acceptors (Lipinski definition) is 2. The summed E-state index contributed by atoms with van der Waals surface area (Å²) in [6, 6.07) is 18.5. The first-order chi connectivity index (χ1) is 9.79. The average Bonchev–Trinajstić information content (AvgIpc) is 2.50. The quantitative estimate of drug-likeness (QED) is 0.696. The minimum Gasteiger partial charge on any atom is -0.255 e. The zero-order valence-corrected chi connectivity index (χ0v) is 11.3. The molecule has 1 aromatic heterocycles. The maximum absolute atomic E-state index is 9.34. The van der Waals surface area contributed by atoms with Crippen molar-refractivity contribution >= 4 is 10.9 Å². The Morgan fingerprint density at radius 2 is 1.80 bits per heavy atom. The first-order valence-corrected chi connectivity index (χ1v) is 6.61. The molecule has 0 aliphatic carbocycles. The molecule has 0 radical (unpaired) electrons. The van der Waals surface area contributed by atoms with E-state index < -0.39 is 0 Å². The van der Waals surface area contributed by atoms with Gasteiger partial charge >= 0.3 is 0 Å². The maximum Gasteiger partial charge on any atom is 0.101 e. The fourth-order valence-electron chi connectivity index (χ4n) is 2.48. The highest BCUT2D eigenvalue weighted by molar-refractivity contribution is 5.84. The third kappa shape index (κ3) is 2.15. The number of hydrogen-bond donors (Lipinski definition) is 0. The van der Waals surface area contributed by atoms with Crippen LogP contribution < -0.4 is 0 Å². The smallest absolute Gasteiger partial charge is 0.101 e. The van der Waals surface area contributed by atoms with E-state index in [4.69, 9.17) is 0 Å². The number of benzene rings is 2. The van der Waals surface area contributed by atoms with E-state index in [0.717, 1.165) is 22.9 Å². The van der Waals surface area contributed by atoms with Crippen LogP contribution in [0, 0.1) is 18.3 Å².